The molecule has 1 heterocycles. The Labute approximate surface area is 284 Å². The molecule has 0 saturated carbocycles. The maximum atomic E-state index is 5.99. The molecule has 1 aliphatic carbocycles. The van der Waals surface area contributed by atoms with Gasteiger partial charge in [0.1, 0.15) is 0 Å². The molecule has 1 unspecified atom stereocenters. The van der Waals surface area contributed by atoms with E-state index in [-0.39, 0.29) is 11.0 Å². The van der Waals surface area contributed by atoms with Gasteiger partial charge in [-0.3, -0.25) is 0 Å². The van der Waals surface area contributed by atoms with Crippen LogP contribution in [0.25, 0.3) is 0 Å². The number of anilines is 1. The molecule has 0 aromatic heterocycles. The smallest absolute Gasteiger partial charge is 0.0140 e. The zero-order valence-electron chi connectivity index (χ0n) is 27.5. The number of hydrogen-bond donors (Lipinski definition) is 0. The van der Waals surface area contributed by atoms with Gasteiger partial charge >= 0.3 is 134 Å². The molecule has 1 fully saturated rings. The van der Waals surface area contributed by atoms with E-state index in [4.69, 9.17) is 19.4 Å². The summed E-state index contributed by atoms with van der Waals surface area (Å²) in [4.78, 5) is 4.90. The summed E-state index contributed by atoms with van der Waals surface area (Å²) in [6.07, 6.45) is 3.65. The van der Waals surface area contributed by atoms with Crippen LogP contribution in [0.1, 0.15) is 85.4 Å². The van der Waals surface area contributed by atoms with Crippen molar-refractivity contribution in [3.05, 3.63) is 143 Å². The first-order chi connectivity index (χ1) is 21.5. The predicted octanol–water partition coefficient (Wildman–Crippen LogP) is 10.5. The van der Waals surface area contributed by atoms with E-state index in [9.17, 15) is 0 Å². The van der Waals surface area contributed by atoms with E-state index in [1.165, 1.54) is 47.2 Å². The zero-order chi connectivity index (χ0) is 32.2. The van der Waals surface area contributed by atoms with E-state index in [2.05, 4.69) is 143 Å². The molecule has 2 aliphatic rings. The molecule has 1 aliphatic heterocycles. The monoisotopic (exact) mass is 727 g/mol. The van der Waals surface area contributed by atoms with E-state index in [1.54, 1.807) is 11.1 Å². The molecule has 4 aromatic rings. The Kier molecular flexibility index (Phi) is 11.1. The van der Waals surface area contributed by atoms with Gasteiger partial charge in [-0.05, 0) is 56.2 Å². The second-order valence-corrected chi connectivity index (χ2v) is 19.4. The molecule has 0 amide bonds. The van der Waals surface area contributed by atoms with Crippen LogP contribution in [0.2, 0.25) is 0 Å². The van der Waals surface area contributed by atoms with Crippen LogP contribution < -0.4 is 4.90 Å². The molecule has 240 valence electrons. The first kappa shape index (κ1) is 34.1. The van der Waals surface area contributed by atoms with Crippen LogP contribution >= 0.6 is 19.4 Å². The third-order valence-electron chi connectivity index (χ3n) is 9.28. The van der Waals surface area contributed by atoms with Gasteiger partial charge in [-0.1, -0.05) is 68.3 Å². The van der Waals surface area contributed by atoms with Crippen molar-refractivity contribution in [3.63, 3.8) is 0 Å². The van der Waals surface area contributed by atoms with Crippen molar-refractivity contribution < 1.29 is 13.5 Å². The molecule has 45 heavy (non-hydrogen) atoms. The van der Waals surface area contributed by atoms with Crippen molar-refractivity contribution in [1.82, 2.24) is 4.90 Å². The number of halogens is 2. The fraction of sp³-hybridized carbons (Fsp3) is 0.350. The third kappa shape index (κ3) is 7.99. The van der Waals surface area contributed by atoms with Gasteiger partial charge in [0.15, 0.2) is 0 Å². The molecule has 6 rings (SSSR count). The summed E-state index contributed by atoms with van der Waals surface area (Å²) in [5.41, 5.74) is 11.5. The quantitative estimate of drug-likeness (QED) is 0.138. The summed E-state index contributed by atoms with van der Waals surface area (Å²) < 4.78 is 2.01. The Morgan fingerprint density at radius 3 is 2.31 bits per heavy atom. The molecule has 2 nitrogen and oxygen atoms in total. The van der Waals surface area contributed by atoms with Crippen molar-refractivity contribution >= 4 is 29.7 Å². The van der Waals surface area contributed by atoms with Crippen molar-refractivity contribution in [2.45, 2.75) is 83.8 Å². The Morgan fingerprint density at radius 1 is 0.889 bits per heavy atom. The maximum Gasteiger partial charge on any atom is 0.0140 e. The van der Waals surface area contributed by atoms with Crippen LogP contribution in [-0.4, -0.2) is 22.1 Å². The number of nitrogens with zero attached hydrogens (tertiary/aromatic N) is 2. The van der Waals surface area contributed by atoms with Gasteiger partial charge in [0.25, 0.3) is 0 Å². The third-order valence-corrected chi connectivity index (χ3v) is 11.1. The fourth-order valence-electron chi connectivity index (χ4n) is 7.31. The van der Waals surface area contributed by atoms with E-state index in [0.717, 1.165) is 18.7 Å². The Morgan fingerprint density at radius 2 is 1.58 bits per heavy atom. The summed E-state index contributed by atoms with van der Waals surface area (Å²) in [6.45, 7) is 16.1. The van der Waals surface area contributed by atoms with Crippen LogP contribution in [-0.2, 0) is 38.4 Å². The van der Waals surface area contributed by atoms with Crippen molar-refractivity contribution in [3.8, 4) is 0 Å². The number of benzene rings is 4. The Balaban J connectivity index is 0.000000183. The van der Waals surface area contributed by atoms with Gasteiger partial charge in [0.2, 0.25) is 0 Å². The first-order valence-corrected chi connectivity index (χ1v) is 21.4. The zero-order valence-corrected chi connectivity index (χ0v) is 30.8. The summed E-state index contributed by atoms with van der Waals surface area (Å²) in [6, 6.07) is 34.6. The van der Waals surface area contributed by atoms with Gasteiger partial charge in [-0.25, -0.2) is 6.54 Å². The molecular formula is C40H47Cl2N2Ru-. The second kappa shape index (κ2) is 14.6. The van der Waals surface area contributed by atoms with Crippen molar-refractivity contribution in [1.29, 1.82) is 0 Å². The summed E-state index contributed by atoms with van der Waals surface area (Å²) in [5, 5.41) is 0. The van der Waals surface area contributed by atoms with Crippen molar-refractivity contribution in [2.24, 2.45) is 0 Å². The van der Waals surface area contributed by atoms with Gasteiger partial charge in [-0.15, -0.1) is 5.41 Å². The van der Waals surface area contributed by atoms with E-state index < -0.39 is 13.5 Å². The number of hydrogen-bond acceptors (Lipinski definition) is 2. The molecular weight excluding hydrogens is 680 g/mol. The summed E-state index contributed by atoms with van der Waals surface area (Å²) in [5.74, 6) is 0.534. The second-order valence-electron chi connectivity index (χ2n) is 13.6. The standard InChI is InChI=1S/C24H30N.C16H17N.2ClH.Ru/c1-17(2)20-11-8-9-18(3)22(20)25-16-24(15-23(25,4)5)14-13-19-10-6-7-12-21(19)24;1-14-8-6-7-11-16(14)13-17(2)12-15-9-4-3-5-10-15;;;/h6-12,16-17H,13-15H2,1-5H3;1,3-11H,12-13H2,2H3;2*1H;/q-1;;;;+2/p-2. The van der Waals surface area contributed by atoms with Crippen LogP contribution in [0.15, 0.2) is 97.1 Å². The first-order valence-electron chi connectivity index (χ1n) is 16.0. The Bertz CT molecular complexity index is 1630. The molecule has 0 radical (unpaired) electrons. The SMILES string of the molecule is CN(Cc1ccccc1)Cc1ccccc1[CH]=[Ru]([Cl])[Cl].Cc1cccc(C(C)C)c1N1[CH-]C2(CCc3ccccc32)CC1(C)C. The van der Waals surface area contributed by atoms with Crippen molar-refractivity contribution in [2.75, 3.05) is 11.9 Å². The summed E-state index contributed by atoms with van der Waals surface area (Å²) in [7, 11) is 14.1. The minimum atomic E-state index is -1.78. The molecule has 1 spiro atoms. The molecule has 0 N–H and O–H groups in total. The maximum absolute atomic E-state index is 5.99. The topological polar surface area (TPSA) is 6.48 Å². The number of para-hydroxylation sites is 1. The van der Waals surface area contributed by atoms with Gasteiger partial charge in [-0.2, -0.15) is 0 Å². The van der Waals surface area contributed by atoms with Gasteiger partial charge in [0.05, 0.1) is 0 Å². The Hall–Kier alpha value is -2.29. The number of fused-ring (bicyclic) bond motifs is 2. The fourth-order valence-corrected chi connectivity index (χ4v) is 9.19. The minimum absolute atomic E-state index is 0.132. The average molecular weight is 728 g/mol. The van der Waals surface area contributed by atoms with Crippen LogP contribution in [0.3, 0.4) is 0 Å². The normalized spacial score (nSPS) is 18.6. The van der Waals surface area contributed by atoms with Crippen LogP contribution in [0, 0.1) is 13.5 Å². The molecule has 1 atom stereocenters. The van der Waals surface area contributed by atoms with E-state index in [1.807, 2.05) is 16.7 Å². The largest absolute Gasteiger partial charge is 0.517 e. The number of rotatable bonds is 7. The summed E-state index contributed by atoms with van der Waals surface area (Å²) >= 11 is -1.78. The predicted molar refractivity (Wildman–Crippen MR) is 192 cm³/mol. The van der Waals surface area contributed by atoms with Gasteiger partial charge in [0, 0.05) is 11.2 Å². The average Bonchev–Trinajstić information content (AvgIpc) is 3.49. The van der Waals surface area contributed by atoms with E-state index >= 15 is 0 Å². The van der Waals surface area contributed by atoms with Crippen LogP contribution in [0.5, 0.6) is 0 Å². The number of aryl methyl sites for hydroxylation is 2. The minimum Gasteiger partial charge on any atom is -0.517 e. The van der Waals surface area contributed by atoms with Crippen LogP contribution in [0.4, 0.5) is 5.69 Å². The molecule has 1 saturated heterocycles. The van der Waals surface area contributed by atoms with E-state index in [0.29, 0.717) is 5.92 Å². The molecule has 4 aromatic carbocycles. The molecule has 0 bridgehead atoms. The van der Waals surface area contributed by atoms with Gasteiger partial charge < -0.3 is 4.90 Å². The molecule has 5 heteroatoms.